The second kappa shape index (κ2) is 7.86. The maximum Gasteiger partial charge on any atom is -1.00 e. The molecular formula is C20H25Cl2Zr. The van der Waals surface area contributed by atoms with Gasteiger partial charge in [0, 0.05) is 0 Å². The van der Waals surface area contributed by atoms with Crippen LogP contribution in [-0.2, 0) is 21.8 Å². The van der Waals surface area contributed by atoms with Gasteiger partial charge in [-0.3, -0.25) is 0 Å². The summed E-state index contributed by atoms with van der Waals surface area (Å²) in [5.41, 5.74) is 5.00. The van der Waals surface area contributed by atoms with Crippen LogP contribution in [0.2, 0.25) is 0 Å². The molecule has 0 saturated carbocycles. The number of halogens is 2. The molecule has 0 saturated heterocycles. The molecular weight excluding hydrogens is 402 g/mol. The minimum absolute atomic E-state index is 0. The molecule has 0 N–H and O–H groups in total. The number of allylic oxidation sites excluding steroid dienone is 12. The molecule has 3 heteroatoms. The average Bonchev–Trinajstić information content (AvgIpc) is 3.16. The fourth-order valence-corrected chi connectivity index (χ4v) is 12.7. The van der Waals surface area contributed by atoms with Gasteiger partial charge in [-0.05, 0) is 0 Å². The standard InChI is InChI=1S/C10H15.2C5H5.2ClH.Zr/c1-7-6-10(4,5)9(3)8(7)2;2*1-2-4-5-3-1;;;/h1-5H3;2*1-3H,4H2;2*1H;/q;;;;;+2/p-2. The van der Waals surface area contributed by atoms with E-state index in [-0.39, 0.29) is 30.2 Å². The van der Waals surface area contributed by atoms with E-state index in [1.54, 1.807) is 23.3 Å². The van der Waals surface area contributed by atoms with Crippen molar-refractivity contribution < 1.29 is 46.6 Å². The van der Waals surface area contributed by atoms with E-state index in [2.05, 4.69) is 71.1 Å². The summed E-state index contributed by atoms with van der Waals surface area (Å²) >= 11 is -1.92. The molecule has 3 aliphatic rings. The first-order valence-electron chi connectivity index (χ1n) is 7.93. The molecule has 123 valence electrons. The molecule has 0 spiro atoms. The Morgan fingerprint density at radius 2 is 1.30 bits per heavy atom. The van der Waals surface area contributed by atoms with Gasteiger partial charge in [0.15, 0.2) is 0 Å². The second-order valence-corrected chi connectivity index (χ2v) is 13.1. The molecule has 0 aliphatic heterocycles. The summed E-state index contributed by atoms with van der Waals surface area (Å²) in [6.45, 7) is 11.9. The summed E-state index contributed by atoms with van der Waals surface area (Å²) in [7, 11) is 0. The molecule has 23 heavy (non-hydrogen) atoms. The van der Waals surface area contributed by atoms with Gasteiger partial charge in [-0.2, -0.15) is 0 Å². The Balaban J connectivity index is 0.00000132. The molecule has 0 unspecified atom stereocenters. The van der Waals surface area contributed by atoms with Gasteiger partial charge in [0.05, 0.1) is 0 Å². The molecule has 0 nitrogen and oxygen atoms in total. The molecule has 0 heterocycles. The normalized spacial score (nSPS) is 21.3. The topological polar surface area (TPSA) is 0 Å². The van der Waals surface area contributed by atoms with Gasteiger partial charge in [-0.25, -0.2) is 0 Å². The Bertz CT molecular complexity index is 640. The van der Waals surface area contributed by atoms with Crippen molar-refractivity contribution in [1.29, 1.82) is 0 Å². The summed E-state index contributed by atoms with van der Waals surface area (Å²) in [5, 5.41) is 0. The van der Waals surface area contributed by atoms with Crippen LogP contribution in [0.1, 0.15) is 47.5 Å². The van der Waals surface area contributed by atoms with Gasteiger partial charge in [0.1, 0.15) is 0 Å². The van der Waals surface area contributed by atoms with Crippen LogP contribution in [0.3, 0.4) is 0 Å². The Labute approximate surface area is 161 Å². The Morgan fingerprint density at radius 3 is 1.61 bits per heavy atom. The maximum atomic E-state index is 2.45. The molecule has 3 rings (SSSR count). The summed E-state index contributed by atoms with van der Waals surface area (Å²) in [4.78, 5) is 0. The summed E-state index contributed by atoms with van der Waals surface area (Å²) in [6.07, 6.45) is 16.4. The summed E-state index contributed by atoms with van der Waals surface area (Å²) in [5.74, 6) is 0. The minimum atomic E-state index is -1.92. The van der Waals surface area contributed by atoms with Crippen molar-refractivity contribution in [3.63, 3.8) is 0 Å². The van der Waals surface area contributed by atoms with Crippen LogP contribution in [-0.4, -0.2) is 0 Å². The average molecular weight is 428 g/mol. The van der Waals surface area contributed by atoms with Crippen molar-refractivity contribution in [1.82, 2.24) is 0 Å². The van der Waals surface area contributed by atoms with Crippen molar-refractivity contribution in [2.45, 2.75) is 47.5 Å². The van der Waals surface area contributed by atoms with E-state index >= 15 is 0 Å². The van der Waals surface area contributed by atoms with Gasteiger partial charge >= 0.3 is 138 Å². The van der Waals surface area contributed by atoms with Crippen LogP contribution in [0.5, 0.6) is 0 Å². The van der Waals surface area contributed by atoms with Crippen LogP contribution in [0.15, 0.2) is 63.0 Å². The molecule has 0 radical (unpaired) electrons. The molecule has 0 fully saturated rings. The molecule has 0 aromatic rings. The molecule has 0 aromatic carbocycles. The second-order valence-electron chi connectivity index (χ2n) is 6.90. The van der Waals surface area contributed by atoms with Crippen molar-refractivity contribution in [2.24, 2.45) is 5.41 Å². The third-order valence-corrected chi connectivity index (χ3v) is 14.2. The first-order valence-corrected chi connectivity index (χ1v) is 11.6. The van der Waals surface area contributed by atoms with Gasteiger partial charge in [-0.1, -0.05) is 0 Å². The Morgan fingerprint density at radius 1 is 0.826 bits per heavy atom. The van der Waals surface area contributed by atoms with E-state index in [9.17, 15) is 0 Å². The molecule has 0 atom stereocenters. The van der Waals surface area contributed by atoms with E-state index in [0.29, 0.717) is 0 Å². The van der Waals surface area contributed by atoms with Crippen molar-refractivity contribution in [2.75, 3.05) is 0 Å². The van der Waals surface area contributed by atoms with Crippen molar-refractivity contribution >= 4 is 0 Å². The SMILES string of the molecule is CC1=C(C)C(C)(C)[C]([Zr+2]([C]2=CC=CC2)[C]2=CC=CC2)=C1C.[Cl-].[Cl-]. The fraction of sp³-hybridized carbons (Fsp3) is 0.400. The molecule has 0 aromatic heterocycles. The summed E-state index contributed by atoms with van der Waals surface area (Å²) < 4.78 is 5.35. The smallest absolute Gasteiger partial charge is 1.00 e. The van der Waals surface area contributed by atoms with E-state index in [0.717, 1.165) is 0 Å². The van der Waals surface area contributed by atoms with E-state index in [1.807, 2.05) is 3.28 Å². The third kappa shape index (κ3) is 3.48. The fourth-order valence-electron chi connectivity index (χ4n) is 3.89. The van der Waals surface area contributed by atoms with Gasteiger partial charge in [0.2, 0.25) is 0 Å². The van der Waals surface area contributed by atoms with Crippen LogP contribution < -0.4 is 24.8 Å². The van der Waals surface area contributed by atoms with E-state index < -0.39 is 21.8 Å². The van der Waals surface area contributed by atoms with Crippen molar-refractivity contribution in [3.8, 4) is 0 Å². The van der Waals surface area contributed by atoms with Gasteiger partial charge in [-0.15, -0.1) is 0 Å². The predicted molar refractivity (Wildman–Crippen MR) is 88.5 cm³/mol. The van der Waals surface area contributed by atoms with Crippen LogP contribution in [0.25, 0.3) is 0 Å². The molecule has 0 amide bonds. The van der Waals surface area contributed by atoms with Gasteiger partial charge in [0.25, 0.3) is 0 Å². The zero-order chi connectivity index (χ0) is 15.2. The zero-order valence-corrected chi connectivity index (χ0v) is 18.6. The van der Waals surface area contributed by atoms with E-state index in [1.165, 1.54) is 12.8 Å². The van der Waals surface area contributed by atoms with Crippen molar-refractivity contribution in [3.05, 3.63) is 63.0 Å². The maximum absolute atomic E-state index is 2.45. The largest absolute Gasteiger partial charge is 1.00 e. The number of rotatable bonds is 3. The van der Waals surface area contributed by atoms with Crippen LogP contribution in [0.4, 0.5) is 0 Å². The predicted octanol–water partition coefficient (Wildman–Crippen LogP) is -0.0496. The summed E-state index contributed by atoms with van der Waals surface area (Å²) in [6, 6.07) is 0. The quantitative estimate of drug-likeness (QED) is 0.593. The first kappa shape index (κ1) is 20.9. The number of hydrogen-bond donors (Lipinski definition) is 0. The van der Waals surface area contributed by atoms with E-state index in [4.69, 9.17) is 0 Å². The number of hydrogen-bond acceptors (Lipinski definition) is 0. The zero-order valence-electron chi connectivity index (χ0n) is 14.6. The monoisotopic (exact) mass is 425 g/mol. The van der Waals surface area contributed by atoms with Crippen LogP contribution in [0, 0.1) is 5.41 Å². The van der Waals surface area contributed by atoms with Gasteiger partial charge < -0.3 is 24.8 Å². The Kier molecular flexibility index (Phi) is 7.15. The molecule has 0 bridgehead atoms. The first-order chi connectivity index (χ1) is 9.94. The molecule has 3 aliphatic carbocycles. The van der Waals surface area contributed by atoms with Crippen LogP contribution >= 0.6 is 0 Å². The minimum Gasteiger partial charge on any atom is -1.00 e. The Hall–Kier alpha value is -0.0969. The third-order valence-electron chi connectivity index (χ3n) is 5.50.